The highest BCUT2D eigenvalue weighted by Crippen LogP contribution is 2.23. The van der Waals surface area contributed by atoms with Crippen molar-refractivity contribution in [2.75, 3.05) is 6.54 Å². The molecule has 0 aliphatic carbocycles. The second-order valence-corrected chi connectivity index (χ2v) is 5.80. The second-order valence-electron chi connectivity index (χ2n) is 5.80. The molecule has 120 valence electrons. The molecule has 0 unspecified atom stereocenters. The topological polar surface area (TPSA) is 12.0 Å². The molecule has 24 heavy (non-hydrogen) atoms. The van der Waals surface area contributed by atoms with Crippen LogP contribution in [0, 0.1) is 0 Å². The molecule has 0 fully saturated rings. The standard InChI is InChI=1S/C23H23N/c1-4-11-20(12-5-1)19-24-18-10-17-23(21-13-6-2-7-14-21)22-15-8-3-9-16-22/h1-9,11-17,24H,10,18-19H2. The Bertz CT molecular complexity index is 704. The fourth-order valence-electron chi connectivity index (χ4n) is 2.78. The maximum Gasteiger partial charge on any atom is 0.0205 e. The fraction of sp³-hybridized carbons (Fsp3) is 0.130. The second kappa shape index (κ2) is 8.85. The normalized spacial score (nSPS) is 10.3. The molecule has 0 amide bonds. The van der Waals surface area contributed by atoms with Crippen molar-refractivity contribution in [1.29, 1.82) is 0 Å². The van der Waals surface area contributed by atoms with Gasteiger partial charge in [-0.15, -0.1) is 0 Å². The van der Waals surface area contributed by atoms with E-state index in [4.69, 9.17) is 0 Å². The Morgan fingerprint density at radius 1 is 0.667 bits per heavy atom. The Hall–Kier alpha value is -2.64. The number of hydrogen-bond donors (Lipinski definition) is 1. The molecule has 0 spiro atoms. The summed E-state index contributed by atoms with van der Waals surface area (Å²) >= 11 is 0. The van der Waals surface area contributed by atoms with Crippen LogP contribution in [0.1, 0.15) is 23.1 Å². The molecule has 0 aliphatic heterocycles. The molecule has 1 N–H and O–H groups in total. The van der Waals surface area contributed by atoms with E-state index in [2.05, 4.69) is 102 Å². The zero-order valence-corrected chi connectivity index (χ0v) is 13.9. The van der Waals surface area contributed by atoms with Gasteiger partial charge in [-0.2, -0.15) is 0 Å². The van der Waals surface area contributed by atoms with Crippen molar-refractivity contribution in [3.8, 4) is 0 Å². The van der Waals surface area contributed by atoms with E-state index >= 15 is 0 Å². The highest BCUT2D eigenvalue weighted by atomic mass is 14.8. The van der Waals surface area contributed by atoms with Gasteiger partial charge in [0.15, 0.2) is 0 Å². The van der Waals surface area contributed by atoms with Crippen molar-refractivity contribution in [1.82, 2.24) is 5.32 Å². The molecule has 0 bridgehead atoms. The molecule has 0 radical (unpaired) electrons. The molecule has 3 aromatic carbocycles. The third-order valence-electron chi connectivity index (χ3n) is 4.01. The van der Waals surface area contributed by atoms with E-state index in [0.29, 0.717) is 0 Å². The molecule has 0 aliphatic rings. The lowest BCUT2D eigenvalue weighted by Crippen LogP contribution is -2.14. The summed E-state index contributed by atoms with van der Waals surface area (Å²) < 4.78 is 0. The molecular formula is C23H23N. The van der Waals surface area contributed by atoms with E-state index in [9.17, 15) is 0 Å². The van der Waals surface area contributed by atoms with Crippen molar-refractivity contribution >= 4 is 5.57 Å². The fourth-order valence-corrected chi connectivity index (χ4v) is 2.78. The first-order valence-corrected chi connectivity index (χ1v) is 8.49. The van der Waals surface area contributed by atoms with Gasteiger partial charge in [0.2, 0.25) is 0 Å². The third-order valence-corrected chi connectivity index (χ3v) is 4.01. The molecule has 3 aromatic rings. The Kier molecular flexibility index (Phi) is 5.99. The molecule has 0 atom stereocenters. The Balaban J connectivity index is 1.64. The average Bonchev–Trinajstić information content (AvgIpc) is 2.67. The first-order valence-electron chi connectivity index (χ1n) is 8.49. The predicted octanol–water partition coefficient (Wildman–Crippen LogP) is 5.30. The minimum Gasteiger partial charge on any atom is -0.312 e. The van der Waals surface area contributed by atoms with E-state index in [1.165, 1.54) is 22.3 Å². The van der Waals surface area contributed by atoms with Crippen LogP contribution in [0.2, 0.25) is 0 Å². The van der Waals surface area contributed by atoms with Gasteiger partial charge in [-0.3, -0.25) is 0 Å². The highest BCUT2D eigenvalue weighted by Gasteiger charge is 2.03. The number of rotatable bonds is 7. The monoisotopic (exact) mass is 313 g/mol. The van der Waals surface area contributed by atoms with Gasteiger partial charge in [-0.25, -0.2) is 0 Å². The zero-order chi connectivity index (χ0) is 16.5. The number of hydrogen-bond acceptors (Lipinski definition) is 1. The lowest BCUT2D eigenvalue weighted by Gasteiger charge is -2.09. The summed E-state index contributed by atoms with van der Waals surface area (Å²) in [4.78, 5) is 0. The largest absolute Gasteiger partial charge is 0.312 e. The van der Waals surface area contributed by atoms with Crippen molar-refractivity contribution in [3.63, 3.8) is 0 Å². The van der Waals surface area contributed by atoms with Crippen LogP contribution in [0.4, 0.5) is 0 Å². The molecular weight excluding hydrogens is 290 g/mol. The van der Waals surface area contributed by atoms with Crippen LogP contribution in [0.5, 0.6) is 0 Å². The van der Waals surface area contributed by atoms with Crippen LogP contribution in [0.15, 0.2) is 97.1 Å². The quantitative estimate of drug-likeness (QED) is 0.584. The first-order chi connectivity index (χ1) is 11.9. The van der Waals surface area contributed by atoms with Gasteiger partial charge < -0.3 is 5.32 Å². The Morgan fingerprint density at radius 2 is 1.17 bits per heavy atom. The Labute approximate surface area is 144 Å². The van der Waals surface area contributed by atoms with E-state index in [1.807, 2.05) is 0 Å². The van der Waals surface area contributed by atoms with Crippen LogP contribution in [-0.4, -0.2) is 6.54 Å². The van der Waals surface area contributed by atoms with Gasteiger partial charge in [-0.1, -0.05) is 97.1 Å². The predicted molar refractivity (Wildman–Crippen MR) is 103 cm³/mol. The third kappa shape index (κ3) is 4.68. The van der Waals surface area contributed by atoms with Crippen LogP contribution >= 0.6 is 0 Å². The highest BCUT2D eigenvalue weighted by molar-refractivity contribution is 5.79. The summed E-state index contributed by atoms with van der Waals surface area (Å²) in [5, 5.41) is 3.52. The van der Waals surface area contributed by atoms with Gasteiger partial charge in [0.25, 0.3) is 0 Å². The van der Waals surface area contributed by atoms with Crippen molar-refractivity contribution in [2.24, 2.45) is 0 Å². The van der Waals surface area contributed by atoms with Crippen LogP contribution in [-0.2, 0) is 6.54 Å². The zero-order valence-electron chi connectivity index (χ0n) is 13.9. The Morgan fingerprint density at radius 3 is 1.71 bits per heavy atom. The first kappa shape index (κ1) is 16.2. The summed E-state index contributed by atoms with van der Waals surface area (Å²) in [6.45, 7) is 1.89. The van der Waals surface area contributed by atoms with E-state index in [-0.39, 0.29) is 0 Å². The van der Waals surface area contributed by atoms with Crippen molar-refractivity contribution < 1.29 is 0 Å². The van der Waals surface area contributed by atoms with Crippen molar-refractivity contribution in [3.05, 3.63) is 114 Å². The van der Waals surface area contributed by atoms with Crippen LogP contribution in [0.3, 0.4) is 0 Å². The lowest BCUT2D eigenvalue weighted by molar-refractivity contribution is 0.696. The van der Waals surface area contributed by atoms with Crippen LogP contribution < -0.4 is 5.32 Å². The summed E-state index contributed by atoms with van der Waals surface area (Å²) in [7, 11) is 0. The summed E-state index contributed by atoms with van der Waals surface area (Å²) in [5.41, 5.74) is 5.17. The maximum absolute atomic E-state index is 3.52. The van der Waals surface area contributed by atoms with Gasteiger partial charge in [-0.05, 0) is 35.2 Å². The van der Waals surface area contributed by atoms with E-state index in [0.717, 1.165) is 19.5 Å². The SMILES string of the molecule is C(CCNCc1ccccc1)=C(c1ccccc1)c1ccccc1. The number of benzene rings is 3. The summed E-state index contributed by atoms with van der Waals surface area (Å²) in [6, 6.07) is 31.8. The smallest absolute Gasteiger partial charge is 0.0205 e. The molecule has 0 saturated carbocycles. The number of nitrogens with one attached hydrogen (secondary N) is 1. The lowest BCUT2D eigenvalue weighted by atomic mass is 9.97. The molecule has 0 aromatic heterocycles. The molecule has 1 nitrogen and oxygen atoms in total. The van der Waals surface area contributed by atoms with Gasteiger partial charge in [0.1, 0.15) is 0 Å². The molecule has 3 rings (SSSR count). The molecule has 1 heteroatoms. The summed E-state index contributed by atoms with van der Waals surface area (Å²) in [6.07, 6.45) is 3.34. The van der Waals surface area contributed by atoms with E-state index < -0.39 is 0 Å². The van der Waals surface area contributed by atoms with Gasteiger partial charge in [0.05, 0.1) is 0 Å². The summed E-state index contributed by atoms with van der Waals surface area (Å²) in [5.74, 6) is 0. The molecule has 0 heterocycles. The minimum absolute atomic E-state index is 0.917. The minimum atomic E-state index is 0.917. The van der Waals surface area contributed by atoms with Gasteiger partial charge >= 0.3 is 0 Å². The van der Waals surface area contributed by atoms with Crippen molar-refractivity contribution in [2.45, 2.75) is 13.0 Å². The molecule has 0 saturated heterocycles. The van der Waals surface area contributed by atoms with E-state index in [1.54, 1.807) is 0 Å². The average molecular weight is 313 g/mol. The van der Waals surface area contributed by atoms with Gasteiger partial charge in [0, 0.05) is 6.54 Å². The van der Waals surface area contributed by atoms with Crippen LogP contribution in [0.25, 0.3) is 5.57 Å². The maximum atomic E-state index is 3.52.